The molecule has 21 heavy (non-hydrogen) atoms. The summed E-state index contributed by atoms with van der Waals surface area (Å²) in [6.45, 7) is 2.41. The molecule has 0 saturated carbocycles. The molecule has 0 atom stereocenters. The second-order valence-electron chi connectivity index (χ2n) is 4.78. The highest BCUT2D eigenvalue weighted by atomic mass is 16.3. The molecule has 4 nitrogen and oxygen atoms in total. The Labute approximate surface area is 124 Å². The highest BCUT2D eigenvalue weighted by molar-refractivity contribution is 5.94. The van der Waals surface area contributed by atoms with E-state index in [1.54, 1.807) is 36.7 Å². The minimum atomic E-state index is -0.128. The number of carbonyl (C=O) groups excluding carboxylic acids is 1. The second kappa shape index (κ2) is 7.24. The maximum absolute atomic E-state index is 11.8. The van der Waals surface area contributed by atoms with Gasteiger partial charge >= 0.3 is 0 Å². The maximum atomic E-state index is 11.8. The number of hydrogen-bond donors (Lipinski definition) is 2. The average Bonchev–Trinajstić information content (AvgIpc) is 2.48. The average molecular weight is 282 g/mol. The molecule has 0 radical (unpaired) electrons. The molecular weight excluding hydrogens is 264 g/mol. The van der Waals surface area contributed by atoms with Crippen LogP contribution in [-0.4, -0.2) is 22.5 Å². The van der Waals surface area contributed by atoms with Crippen LogP contribution in [0.25, 0.3) is 5.57 Å². The summed E-state index contributed by atoms with van der Waals surface area (Å²) >= 11 is 0. The highest BCUT2D eigenvalue weighted by Crippen LogP contribution is 2.12. The van der Waals surface area contributed by atoms with Gasteiger partial charge in [0.05, 0.1) is 0 Å². The first-order valence-corrected chi connectivity index (χ1v) is 6.79. The number of aromatic hydroxyl groups is 1. The molecule has 0 aliphatic carbocycles. The number of benzene rings is 1. The third-order valence-electron chi connectivity index (χ3n) is 3.09. The normalized spacial score (nSPS) is 11.2. The summed E-state index contributed by atoms with van der Waals surface area (Å²) in [7, 11) is 0. The van der Waals surface area contributed by atoms with E-state index < -0.39 is 0 Å². The summed E-state index contributed by atoms with van der Waals surface area (Å²) in [5.41, 5.74) is 2.79. The maximum Gasteiger partial charge on any atom is 0.244 e. The Bertz CT molecular complexity index is 636. The minimum absolute atomic E-state index is 0.128. The van der Waals surface area contributed by atoms with E-state index in [1.165, 1.54) is 0 Å². The van der Waals surface area contributed by atoms with Gasteiger partial charge in [0.15, 0.2) is 0 Å². The van der Waals surface area contributed by atoms with Gasteiger partial charge in [0.25, 0.3) is 0 Å². The van der Waals surface area contributed by atoms with E-state index in [9.17, 15) is 9.90 Å². The van der Waals surface area contributed by atoms with Gasteiger partial charge in [-0.05, 0) is 48.2 Å². The van der Waals surface area contributed by atoms with Crippen molar-refractivity contribution in [3.63, 3.8) is 0 Å². The van der Waals surface area contributed by atoms with E-state index in [0.29, 0.717) is 13.0 Å². The SMILES string of the molecule is C/C(=C\C(=O)NCCc1cccc(O)c1)c1cccnc1. The molecule has 0 bridgehead atoms. The van der Waals surface area contributed by atoms with Gasteiger partial charge in [-0.2, -0.15) is 0 Å². The third kappa shape index (κ3) is 4.76. The van der Waals surface area contributed by atoms with Gasteiger partial charge in [-0.25, -0.2) is 0 Å². The zero-order valence-corrected chi connectivity index (χ0v) is 11.9. The van der Waals surface area contributed by atoms with Crippen molar-refractivity contribution in [3.8, 4) is 5.75 Å². The number of nitrogens with zero attached hydrogens (tertiary/aromatic N) is 1. The Morgan fingerprint density at radius 1 is 1.33 bits per heavy atom. The number of amides is 1. The molecule has 1 aromatic carbocycles. The highest BCUT2D eigenvalue weighted by Gasteiger charge is 2.01. The molecule has 0 aliphatic heterocycles. The van der Waals surface area contributed by atoms with Crippen LogP contribution in [0.3, 0.4) is 0 Å². The summed E-state index contributed by atoms with van der Waals surface area (Å²) in [5.74, 6) is 0.114. The van der Waals surface area contributed by atoms with Gasteiger partial charge in [-0.15, -0.1) is 0 Å². The van der Waals surface area contributed by atoms with Crippen molar-refractivity contribution in [3.05, 3.63) is 66.0 Å². The molecule has 0 aliphatic rings. The van der Waals surface area contributed by atoms with Crippen LogP contribution in [0.5, 0.6) is 5.75 Å². The fraction of sp³-hybridized carbons (Fsp3) is 0.176. The summed E-state index contributed by atoms with van der Waals surface area (Å²) in [6.07, 6.45) is 5.68. The summed E-state index contributed by atoms with van der Waals surface area (Å²) in [6, 6.07) is 10.8. The summed E-state index contributed by atoms with van der Waals surface area (Å²) in [4.78, 5) is 15.9. The Morgan fingerprint density at radius 2 is 2.19 bits per heavy atom. The van der Waals surface area contributed by atoms with Crippen molar-refractivity contribution in [1.82, 2.24) is 10.3 Å². The van der Waals surface area contributed by atoms with E-state index >= 15 is 0 Å². The number of allylic oxidation sites excluding steroid dienone is 1. The van der Waals surface area contributed by atoms with Gasteiger partial charge in [0, 0.05) is 25.0 Å². The molecule has 0 fully saturated rings. The largest absolute Gasteiger partial charge is 0.508 e. The number of phenolic OH excluding ortho intramolecular Hbond substituents is 1. The van der Waals surface area contributed by atoms with Gasteiger partial charge in [-0.1, -0.05) is 18.2 Å². The van der Waals surface area contributed by atoms with Crippen molar-refractivity contribution >= 4 is 11.5 Å². The Balaban J connectivity index is 1.85. The first-order chi connectivity index (χ1) is 10.1. The number of phenols is 1. The standard InChI is InChI=1S/C17H18N2O2/c1-13(15-5-3-8-18-12-15)10-17(21)19-9-7-14-4-2-6-16(20)11-14/h2-6,8,10-12,20H,7,9H2,1H3,(H,19,21)/b13-10+. The lowest BCUT2D eigenvalue weighted by Gasteiger charge is -2.05. The number of nitrogens with one attached hydrogen (secondary N) is 1. The van der Waals surface area contributed by atoms with Crippen molar-refractivity contribution in [2.24, 2.45) is 0 Å². The molecule has 1 amide bonds. The number of aromatic nitrogens is 1. The van der Waals surface area contributed by atoms with E-state index in [2.05, 4.69) is 10.3 Å². The van der Waals surface area contributed by atoms with Crippen LogP contribution < -0.4 is 5.32 Å². The second-order valence-corrected chi connectivity index (χ2v) is 4.78. The smallest absolute Gasteiger partial charge is 0.244 e. The van der Waals surface area contributed by atoms with Crippen molar-refractivity contribution < 1.29 is 9.90 Å². The monoisotopic (exact) mass is 282 g/mol. The van der Waals surface area contributed by atoms with Crippen molar-refractivity contribution in [2.45, 2.75) is 13.3 Å². The lowest BCUT2D eigenvalue weighted by molar-refractivity contribution is -0.116. The zero-order chi connectivity index (χ0) is 15.1. The van der Waals surface area contributed by atoms with E-state index in [-0.39, 0.29) is 11.7 Å². The van der Waals surface area contributed by atoms with Crippen LogP contribution >= 0.6 is 0 Å². The molecule has 1 heterocycles. The van der Waals surface area contributed by atoms with Crippen molar-refractivity contribution in [2.75, 3.05) is 6.54 Å². The van der Waals surface area contributed by atoms with Gasteiger partial charge < -0.3 is 10.4 Å². The first-order valence-electron chi connectivity index (χ1n) is 6.79. The van der Waals surface area contributed by atoms with E-state index in [0.717, 1.165) is 16.7 Å². The van der Waals surface area contributed by atoms with Crippen LogP contribution in [0, 0.1) is 0 Å². The molecular formula is C17H18N2O2. The van der Waals surface area contributed by atoms with E-state index in [1.807, 2.05) is 25.1 Å². The molecule has 0 spiro atoms. The predicted octanol–water partition coefficient (Wildman–Crippen LogP) is 2.55. The predicted molar refractivity (Wildman–Crippen MR) is 82.7 cm³/mol. The molecule has 2 aromatic rings. The molecule has 0 saturated heterocycles. The van der Waals surface area contributed by atoms with Crippen LogP contribution in [0.2, 0.25) is 0 Å². The number of hydrogen-bond acceptors (Lipinski definition) is 3. The van der Waals surface area contributed by atoms with Gasteiger partial charge in [0.2, 0.25) is 5.91 Å². The lowest BCUT2D eigenvalue weighted by atomic mass is 10.1. The van der Waals surface area contributed by atoms with Crippen LogP contribution in [0.1, 0.15) is 18.1 Å². The summed E-state index contributed by atoms with van der Waals surface area (Å²) in [5, 5.41) is 12.2. The molecule has 2 N–H and O–H groups in total. The third-order valence-corrected chi connectivity index (χ3v) is 3.09. The van der Waals surface area contributed by atoms with E-state index in [4.69, 9.17) is 0 Å². The molecule has 0 unspecified atom stereocenters. The first kappa shape index (κ1) is 14.8. The molecule has 108 valence electrons. The number of carbonyl (C=O) groups is 1. The molecule has 4 heteroatoms. The Hall–Kier alpha value is -2.62. The summed E-state index contributed by atoms with van der Waals surface area (Å²) < 4.78 is 0. The van der Waals surface area contributed by atoms with Gasteiger partial charge in [0.1, 0.15) is 5.75 Å². The topological polar surface area (TPSA) is 62.2 Å². The Kier molecular flexibility index (Phi) is 5.10. The molecule has 1 aromatic heterocycles. The quantitative estimate of drug-likeness (QED) is 0.828. The lowest BCUT2D eigenvalue weighted by Crippen LogP contribution is -2.23. The van der Waals surface area contributed by atoms with Crippen LogP contribution in [-0.2, 0) is 11.2 Å². The fourth-order valence-electron chi connectivity index (χ4n) is 1.97. The zero-order valence-electron chi connectivity index (χ0n) is 11.9. The number of rotatable bonds is 5. The minimum Gasteiger partial charge on any atom is -0.508 e. The Morgan fingerprint density at radius 3 is 2.90 bits per heavy atom. The van der Waals surface area contributed by atoms with Crippen LogP contribution in [0.15, 0.2) is 54.9 Å². The molecule has 2 rings (SSSR count). The van der Waals surface area contributed by atoms with Crippen molar-refractivity contribution in [1.29, 1.82) is 0 Å². The fourth-order valence-corrected chi connectivity index (χ4v) is 1.97. The van der Waals surface area contributed by atoms with Gasteiger partial charge in [-0.3, -0.25) is 9.78 Å². The van der Waals surface area contributed by atoms with Crippen LogP contribution in [0.4, 0.5) is 0 Å². The number of pyridine rings is 1.